The standard InChI is InChI=1S/C8H12N2O/c1-3-8(4-5-8)7-10-9-6(2)11-7/h3-5H2,1-2H3. The average molecular weight is 152 g/mol. The first-order valence-corrected chi connectivity index (χ1v) is 4.07. The molecule has 1 aliphatic rings. The van der Waals surface area contributed by atoms with E-state index in [9.17, 15) is 0 Å². The fraction of sp³-hybridized carbons (Fsp3) is 0.750. The lowest BCUT2D eigenvalue weighted by atomic mass is 10.0. The summed E-state index contributed by atoms with van der Waals surface area (Å²) in [6, 6.07) is 0. The van der Waals surface area contributed by atoms with Gasteiger partial charge in [-0.05, 0) is 19.3 Å². The normalized spacial score (nSPS) is 20.2. The van der Waals surface area contributed by atoms with E-state index in [2.05, 4.69) is 17.1 Å². The SMILES string of the molecule is CCC1(c2nnc(C)o2)CC1. The van der Waals surface area contributed by atoms with Crippen molar-refractivity contribution in [3.63, 3.8) is 0 Å². The van der Waals surface area contributed by atoms with Crippen LogP contribution in [0.5, 0.6) is 0 Å². The van der Waals surface area contributed by atoms with Gasteiger partial charge >= 0.3 is 0 Å². The topological polar surface area (TPSA) is 38.9 Å². The van der Waals surface area contributed by atoms with Crippen molar-refractivity contribution in [1.29, 1.82) is 0 Å². The zero-order valence-corrected chi connectivity index (χ0v) is 6.92. The van der Waals surface area contributed by atoms with Gasteiger partial charge in [-0.2, -0.15) is 0 Å². The van der Waals surface area contributed by atoms with Crippen molar-refractivity contribution in [2.75, 3.05) is 0 Å². The molecule has 11 heavy (non-hydrogen) atoms. The lowest BCUT2D eigenvalue weighted by Gasteiger charge is -2.03. The number of hydrogen-bond donors (Lipinski definition) is 0. The highest BCUT2D eigenvalue weighted by atomic mass is 16.4. The van der Waals surface area contributed by atoms with Crippen LogP contribution in [0.4, 0.5) is 0 Å². The average Bonchev–Trinajstić information content (AvgIpc) is 2.70. The third-order valence-electron chi connectivity index (χ3n) is 2.51. The maximum atomic E-state index is 5.38. The van der Waals surface area contributed by atoms with Gasteiger partial charge in [-0.15, -0.1) is 10.2 Å². The van der Waals surface area contributed by atoms with Gasteiger partial charge in [0.15, 0.2) is 0 Å². The Kier molecular flexibility index (Phi) is 1.28. The molecule has 1 aromatic heterocycles. The van der Waals surface area contributed by atoms with Crippen LogP contribution in [-0.2, 0) is 5.41 Å². The van der Waals surface area contributed by atoms with E-state index in [1.807, 2.05) is 6.92 Å². The van der Waals surface area contributed by atoms with Gasteiger partial charge in [0.25, 0.3) is 0 Å². The molecule has 0 N–H and O–H groups in total. The molecule has 3 heteroatoms. The lowest BCUT2D eigenvalue weighted by Crippen LogP contribution is -2.04. The van der Waals surface area contributed by atoms with Crippen LogP contribution >= 0.6 is 0 Å². The Morgan fingerprint density at radius 1 is 1.45 bits per heavy atom. The highest BCUT2D eigenvalue weighted by molar-refractivity contribution is 5.13. The molecule has 0 bridgehead atoms. The molecule has 1 fully saturated rings. The van der Waals surface area contributed by atoms with Crippen molar-refractivity contribution in [2.45, 2.75) is 38.5 Å². The summed E-state index contributed by atoms with van der Waals surface area (Å²) in [4.78, 5) is 0. The molecule has 0 aliphatic heterocycles. The minimum Gasteiger partial charge on any atom is -0.425 e. The molecule has 0 saturated heterocycles. The van der Waals surface area contributed by atoms with Gasteiger partial charge in [0.05, 0.1) is 0 Å². The Morgan fingerprint density at radius 2 is 2.18 bits per heavy atom. The summed E-state index contributed by atoms with van der Waals surface area (Å²) in [6.45, 7) is 4.01. The molecular formula is C8H12N2O. The van der Waals surface area contributed by atoms with Gasteiger partial charge in [0.1, 0.15) is 0 Å². The van der Waals surface area contributed by atoms with E-state index in [-0.39, 0.29) is 5.41 Å². The lowest BCUT2D eigenvalue weighted by molar-refractivity contribution is 0.410. The molecule has 1 heterocycles. The molecular weight excluding hydrogens is 140 g/mol. The Morgan fingerprint density at radius 3 is 2.55 bits per heavy atom. The van der Waals surface area contributed by atoms with Crippen LogP contribution < -0.4 is 0 Å². The molecule has 0 radical (unpaired) electrons. The van der Waals surface area contributed by atoms with Crippen molar-refractivity contribution in [1.82, 2.24) is 10.2 Å². The number of nitrogens with zero attached hydrogens (tertiary/aromatic N) is 2. The molecule has 0 unspecified atom stereocenters. The third-order valence-corrected chi connectivity index (χ3v) is 2.51. The van der Waals surface area contributed by atoms with Crippen LogP contribution in [0.15, 0.2) is 4.42 Å². The maximum absolute atomic E-state index is 5.38. The zero-order valence-electron chi connectivity index (χ0n) is 6.92. The molecule has 1 aromatic rings. The van der Waals surface area contributed by atoms with Crippen LogP contribution in [0.3, 0.4) is 0 Å². The first-order valence-electron chi connectivity index (χ1n) is 4.07. The minimum absolute atomic E-state index is 0.265. The van der Waals surface area contributed by atoms with E-state index in [1.54, 1.807) is 0 Å². The molecule has 2 rings (SSSR count). The van der Waals surface area contributed by atoms with Crippen molar-refractivity contribution >= 4 is 0 Å². The van der Waals surface area contributed by atoms with E-state index in [1.165, 1.54) is 12.8 Å². The van der Waals surface area contributed by atoms with E-state index >= 15 is 0 Å². The Bertz CT molecular complexity index is 263. The second-order valence-corrected chi connectivity index (χ2v) is 3.26. The maximum Gasteiger partial charge on any atom is 0.222 e. The zero-order chi connectivity index (χ0) is 7.90. The number of rotatable bonds is 2. The van der Waals surface area contributed by atoms with Gasteiger partial charge < -0.3 is 4.42 Å². The minimum atomic E-state index is 0.265. The highest BCUT2D eigenvalue weighted by Gasteiger charge is 2.47. The molecule has 1 saturated carbocycles. The van der Waals surface area contributed by atoms with Crippen molar-refractivity contribution in [3.8, 4) is 0 Å². The van der Waals surface area contributed by atoms with Crippen molar-refractivity contribution in [3.05, 3.63) is 11.8 Å². The van der Waals surface area contributed by atoms with Crippen LogP contribution in [-0.4, -0.2) is 10.2 Å². The van der Waals surface area contributed by atoms with Crippen LogP contribution in [0.1, 0.15) is 38.0 Å². The largest absolute Gasteiger partial charge is 0.425 e. The van der Waals surface area contributed by atoms with Gasteiger partial charge in [0, 0.05) is 12.3 Å². The fourth-order valence-corrected chi connectivity index (χ4v) is 1.38. The third kappa shape index (κ3) is 0.951. The smallest absolute Gasteiger partial charge is 0.222 e. The summed E-state index contributed by atoms with van der Waals surface area (Å²) in [5.74, 6) is 1.53. The van der Waals surface area contributed by atoms with E-state index < -0.39 is 0 Å². The molecule has 3 nitrogen and oxygen atoms in total. The summed E-state index contributed by atoms with van der Waals surface area (Å²) in [7, 11) is 0. The number of hydrogen-bond acceptors (Lipinski definition) is 3. The fourth-order valence-electron chi connectivity index (χ4n) is 1.38. The monoisotopic (exact) mass is 152 g/mol. The summed E-state index contributed by atoms with van der Waals surface area (Å²) in [6.07, 6.45) is 3.55. The Balaban J connectivity index is 2.29. The Hall–Kier alpha value is -0.860. The Labute approximate surface area is 65.8 Å². The number of aryl methyl sites for hydroxylation is 1. The predicted octanol–water partition coefficient (Wildman–Crippen LogP) is 1.82. The van der Waals surface area contributed by atoms with Crippen LogP contribution in [0, 0.1) is 6.92 Å². The molecule has 0 spiro atoms. The summed E-state index contributed by atoms with van der Waals surface area (Å²) >= 11 is 0. The molecule has 60 valence electrons. The quantitative estimate of drug-likeness (QED) is 0.648. The molecule has 0 amide bonds. The molecule has 0 atom stereocenters. The van der Waals surface area contributed by atoms with E-state index in [4.69, 9.17) is 4.42 Å². The van der Waals surface area contributed by atoms with Gasteiger partial charge in [0.2, 0.25) is 11.8 Å². The van der Waals surface area contributed by atoms with Crippen molar-refractivity contribution in [2.24, 2.45) is 0 Å². The second kappa shape index (κ2) is 2.06. The second-order valence-electron chi connectivity index (χ2n) is 3.26. The number of aromatic nitrogens is 2. The first kappa shape index (κ1) is 6.83. The summed E-state index contributed by atoms with van der Waals surface area (Å²) in [5, 5.41) is 7.86. The van der Waals surface area contributed by atoms with Crippen molar-refractivity contribution < 1.29 is 4.42 Å². The molecule has 1 aliphatic carbocycles. The van der Waals surface area contributed by atoms with Gasteiger partial charge in [-0.3, -0.25) is 0 Å². The highest BCUT2D eigenvalue weighted by Crippen LogP contribution is 2.49. The van der Waals surface area contributed by atoms with Crippen LogP contribution in [0.25, 0.3) is 0 Å². The van der Waals surface area contributed by atoms with E-state index in [0.717, 1.165) is 12.3 Å². The summed E-state index contributed by atoms with van der Waals surface area (Å²) < 4.78 is 5.38. The first-order chi connectivity index (χ1) is 5.27. The molecule has 0 aromatic carbocycles. The van der Waals surface area contributed by atoms with Gasteiger partial charge in [-0.25, -0.2) is 0 Å². The van der Waals surface area contributed by atoms with Gasteiger partial charge in [-0.1, -0.05) is 6.92 Å². The summed E-state index contributed by atoms with van der Waals surface area (Å²) in [5.41, 5.74) is 0.265. The van der Waals surface area contributed by atoms with Crippen LogP contribution in [0.2, 0.25) is 0 Å². The van der Waals surface area contributed by atoms with E-state index in [0.29, 0.717) is 5.89 Å². The predicted molar refractivity (Wildman–Crippen MR) is 40.2 cm³/mol.